The molecule has 2 aromatic rings. The van der Waals surface area contributed by atoms with Crippen molar-refractivity contribution in [1.29, 1.82) is 0 Å². The number of sulfonamides is 1. The molecule has 0 saturated heterocycles. The summed E-state index contributed by atoms with van der Waals surface area (Å²) >= 11 is 5.64. The lowest BCUT2D eigenvalue weighted by atomic mass is 9.89. The van der Waals surface area contributed by atoms with E-state index in [0.29, 0.717) is 11.1 Å². The molecule has 7 nitrogen and oxygen atoms in total. The zero-order valence-corrected chi connectivity index (χ0v) is 18.2. The van der Waals surface area contributed by atoms with E-state index in [0.717, 1.165) is 50.3 Å². The molecule has 0 heterocycles. The van der Waals surface area contributed by atoms with Gasteiger partial charge in [-0.3, -0.25) is 20.4 Å². The van der Waals surface area contributed by atoms with Gasteiger partial charge >= 0.3 is 0 Å². The number of rotatable bonds is 6. The highest BCUT2D eigenvalue weighted by atomic mass is 35.5. The van der Waals surface area contributed by atoms with Crippen LogP contribution in [0.4, 0.5) is 4.39 Å². The molecule has 0 spiro atoms. The van der Waals surface area contributed by atoms with Gasteiger partial charge in [-0.25, -0.2) is 17.5 Å². The van der Waals surface area contributed by atoms with Gasteiger partial charge in [-0.15, -0.1) is 0 Å². The van der Waals surface area contributed by atoms with Crippen molar-refractivity contribution in [1.82, 2.24) is 15.6 Å². The minimum absolute atomic E-state index is 0.0301. The SMILES string of the molecule is O=C(NNC(=O)C1CCCCC1)c1ccc(CNS(=O)(=O)c2ccc(F)c(Cl)c2)cc1. The number of nitrogens with one attached hydrogen (secondary N) is 3. The van der Waals surface area contributed by atoms with Crippen LogP contribution in [0.25, 0.3) is 0 Å². The van der Waals surface area contributed by atoms with Crippen LogP contribution < -0.4 is 15.6 Å². The zero-order chi connectivity index (χ0) is 22.4. The maximum absolute atomic E-state index is 13.2. The summed E-state index contributed by atoms with van der Waals surface area (Å²) < 4.78 is 40.3. The lowest BCUT2D eigenvalue weighted by Crippen LogP contribution is -2.44. The van der Waals surface area contributed by atoms with Crippen LogP contribution >= 0.6 is 11.6 Å². The summed E-state index contributed by atoms with van der Waals surface area (Å²) in [5, 5.41) is -0.284. The molecule has 0 bridgehead atoms. The summed E-state index contributed by atoms with van der Waals surface area (Å²) in [5.41, 5.74) is 5.81. The second-order valence-corrected chi connectivity index (χ2v) is 9.55. The number of amides is 2. The number of hydrogen-bond donors (Lipinski definition) is 3. The molecule has 1 aliphatic carbocycles. The van der Waals surface area contributed by atoms with E-state index in [-0.39, 0.29) is 28.3 Å². The predicted octanol–water partition coefficient (Wildman–Crippen LogP) is 3.30. The largest absolute Gasteiger partial charge is 0.273 e. The standard InChI is InChI=1S/C21H23ClFN3O4S/c22-18-12-17(10-11-19(18)23)31(29,30)24-13-14-6-8-16(9-7-14)21(28)26-25-20(27)15-4-2-1-3-5-15/h6-12,15,24H,1-5,13H2,(H,25,27)(H,26,28). The molecule has 1 fully saturated rings. The molecule has 0 aromatic heterocycles. The lowest BCUT2D eigenvalue weighted by Gasteiger charge is -2.20. The molecule has 0 atom stereocenters. The van der Waals surface area contributed by atoms with Gasteiger partial charge in [-0.2, -0.15) is 0 Å². The van der Waals surface area contributed by atoms with Gasteiger partial charge in [0.2, 0.25) is 15.9 Å². The monoisotopic (exact) mass is 467 g/mol. The van der Waals surface area contributed by atoms with Crippen LogP contribution in [-0.4, -0.2) is 20.2 Å². The van der Waals surface area contributed by atoms with Gasteiger partial charge in [0.25, 0.3) is 5.91 Å². The third kappa shape index (κ3) is 6.25. The zero-order valence-electron chi connectivity index (χ0n) is 16.7. The number of hydrogen-bond acceptors (Lipinski definition) is 4. The van der Waals surface area contributed by atoms with E-state index < -0.39 is 21.7 Å². The fourth-order valence-electron chi connectivity index (χ4n) is 3.34. The average molecular weight is 468 g/mol. The summed E-state index contributed by atoms with van der Waals surface area (Å²) in [6, 6.07) is 9.39. The topological polar surface area (TPSA) is 104 Å². The van der Waals surface area contributed by atoms with Crippen molar-refractivity contribution in [2.75, 3.05) is 0 Å². The predicted molar refractivity (Wildman–Crippen MR) is 114 cm³/mol. The second-order valence-electron chi connectivity index (χ2n) is 7.38. The van der Waals surface area contributed by atoms with Crippen molar-refractivity contribution in [3.8, 4) is 0 Å². The Bertz CT molecular complexity index is 1050. The van der Waals surface area contributed by atoms with E-state index >= 15 is 0 Å². The first-order valence-electron chi connectivity index (χ1n) is 9.90. The Labute approximate surface area is 185 Å². The summed E-state index contributed by atoms with van der Waals surface area (Å²) in [5.74, 6) is -1.41. The van der Waals surface area contributed by atoms with Crippen molar-refractivity contribution < 1.29 is 22.4 Å². The molecule has 166 valence electrons. The van der Waals surface area contributed by atoms with E-state index in [1.165, 1.54) is 12.1 Å². The van der Waals surface area contributed by atoms with Crippen LogP contribution in [0, 0.1) is 11.7 Å². The Morgan fingerprint density at radius 1 is 1.00 bits per heavy atom. The number of carbonyl (C=O) groups excluding carboxylic acids is 2. The van der Waals surface area contributed by atoms with Gasteiger partial charge in [0.05, 0.1) is 9.92 Å². The summed E-state index contributed by atoms with van der Waals surface area (Å²) in [7, 11) is -3.88. The van der Waals surface area contributed by atoms with Gasteiger partial charge in [0.15, 0.2) is 0 Å². The maximum atomic E-state index is 13.2. The highest BCUT2D eigenvalue weighted by Crippen LogP contribution is 2.23. The van der Waals surface area contributed by atoms with Crippen molar-refractivity contribution >= 4 is 33.4 Å². The normalized spacial score (nSPS) is 14.8. The van der Waals surface area contributed by atoms with Crippen molar-refractivity contribution in [3.05, 3.63) is 64.4 Å². The van der Waals surface area contributed by atoms with Crippen LogP contribution in [0.15, 0.2) is 47.4 Å². The molecule has 10 heteroatoms. The molecule has 2 aromatic carbocycles. The van der Waals surface area contributed by atoms with Crippen molar-refractivity contribution in [3.63, 3.8) is 0 Å². The highest BCUT2D eigenvalue weighted by Gasteiger charge is 2.21. The molecule has 0 radical (unpaired) electrons. The summed E-state index contributed by atoms with van der Waals surface area (Å²) in [6.45, 7) is -0.0301. The number of hydrazine groups is 1. The van der Waals surface area contributed by atoms with E-state index in [1.807, 2.05) is 0 Å². The molecule has 31 heavy (non-hydrogen) atoms. The van der Waals surface area contributed by atoms with Crippen molar-refractivity contribution in [2.24, 2.45) is 5.92 Å². The molecular formula is C21H23ClFN3O4S. The van der Waals surface area contributed by atoms with Gasteiger partial charge in [-0.05, 0) is 48.7 Å². The van der Waals surface area contributed by atoms with Crippen LogP contribution in [0.1, 0.15) is 48.0 Å². The van der Waals surface area contributed by atoms with Gasteiger partial charge in [-0.1, -0.05) is 43.0 Å². The van der Waals surface area contributed by atoms with Crippen LogP contribution in [0.5, 0.6) is 0 Å². The first kappa shape index (κ1) is 23.2. The smallest absolute Gasteiger partial charge is 0.269 e. The molecule has 0 unspecified atom stereocenters. The maximum Gasteiger partial charge on any atom is 0.269 e. The minimum atomic E-state index is -3.88. The fourth-order valence-corrected chi connectivity index (χ4v) is 4.63. The Kier molecular flexibility index (Phi) is 7.64. The first-order chi connectivity index (χ1) is 14.8. The van der Waals surface area contributed by atoms with Crippen molar-refractivity contribution in [2.45, 2.75) is 43.5 Å². The molecule has 1 saturated carbocycles. The average Bonchev–Trinajstić information content (AvgIpc) is 2.78. The second kappa shape index (κ2) is 10.2. The van der Waals surface area contributed by atoms with Crippen LogP contribution in [-0.2, 0) is 21.4 Å². The number of halogens is 2. The quantitative estimate of drug-likeness (QED) is 0.567. The Morgan fingerprint density at radius 3 is 2.32 bits per heavy atom. The summed E-state index contributed by atoms with van der Waals surface area (Å²) in [6.07, 6.45) is 4.83. The number of benzene rings is 2. The third-order valence-corrected chi connectivity index (χ3v) is 6.85. The third-order valence-electron chi connectivity index (χ3n) is 5.16. The minimum Gasteiger partial charge on any atom is -0.273 e. The van der Waals surface area contributed by atoms with Gasteiger partial charge in [0.1, 0.15) is 5.82 Å². The lowest BCUT2D eigenvalue weighted by molar-refractivity contribution is -0.126. The fraction of sp³-hybridized carbons (Fsp3) is 0.333. The van der Waals surface area contributed by atoms with Gasteiger partial charge < -0.3 is 0 Å². The van der Waals surface area contributed by atoms with E-state index in [2.05, 4.69) is 15.6 Å². The molecule has 2 amide bonds. The van der Waals surface area contributed by atoms with Crippen LogP contribution in [0.3, 0.4) is 0 Å². The summed E-state index contributed by atoms with van der Waals surface area (Å²) in [4.78, 5) is 24.2. The van der Waals surface area contributed by atoms with Gasteiger partial charge in [0, 0.05) is 18.0 Å². The molecular weight excluding hydrogens is 445 g/mol. The molecule has 1 aliphatic rings. The van der Waals surface area contributed by atoms with E-state index in [9.17, 15) is 22.4 Å². The number of carbonyl (C=O) groups is 2. The highest BCUT2D eigenvalue weighted by molar-refractivity contribution is 7.89. The molecule has 3 N–H and O–H groups in total. The first-order valence-corrected chi connectivity index (χ1v) is 11.8. The van der Waals surface area contributed by atoms with Crippen LogP contribution in [0.2, 0.25) is 5.02 Å². The molecule has 0 aliphatic heterocycles. The Morgan fingerprint density at radius 2 is 1.68 bits per heavy atom. The van der Waals surface area contributed by atoms with E-state index in [1.54, 1.807) is 12.1 Å². The molecule has 3 rings (SSSR count). The Hall–Kier alpha value is -2.49. The Balaban J connectivity index is 1.52. The van der Waals surface area contributed by atoms with E-state index in [4.69, 9.17) is 11.6 Å².